The van der Waals surface area contributed by atoms with Crippen molar-refractivity contribution >= 4 is 28.5 Å². The molecule has 0 spiro atoms. The van der Waals surface area contributed by atoms with Crippen LogP contribution in [0.3, 0.4) is 0 Å². The minimum Gasteiger partial charge on any atom is -0.464 e. The lowest BCUT2D eigenvalue weighted by Gasteiger charge is -2.14. The Hall–Kier alpha value is -5.65. The molecule has 5 rings (SSSR count). The number of carbonyl (C=O) groups is 2. The van der Waals surface area contributed by atoms with E-state index < -0.39 is 29.3 Å². The fraction of sp³-hybridized carbons (Fsp3) is 0.0833. The molecule has 0 aliphatic carbocycles. The minimum atomic E-state index is -4.95. The molecule has 0 unspecified atom stereocenters. The Kier molecular flexibility index (Phi) is 6.20. The Morgan fingerprint density at radius 2 is 1.90 bits per heavy atom. The maximum absolute atomic E-state index is 14.2. The van der Waals surface area contributed by atoms with Crippen LogP contribution in [-0.2, 0) is 10.9 Å². The highest BCUT2D eigenvalue weighted by molar-refractivity contribution is 6.05. The highest BCUT2D eigenvalue weighted by Gasteiger charge is 2.41. The van der Waals surface area contributed by atoms with Crippen molar-refractivity contribution < 1.29 is 27.5 Å². The Balaban J connectivity index is 1.49. The average Bonchev–Trinajstić information content (AvgIpc) is 3.60. The van der Waals surface area contributed by atoms with Crippen molar-refractivity contribution in [3.63, 3.8) is 0 Å². The first kappa shape index (κ1) is 25.0. The van der Waals surface area contributed by atoms with E-state index in [1.54, 1.807) is 18.2 Å². The van der Waals surface area contributed by atoms with E-state index >= 15 is 0 Å². The van der Waals surface area contributed by atoms with Gasteiger partial charge in [0.15, 0.2) is 17.2 Å². The van der Waals surface area contributed by atoms with Gasteiger partial charge in [-0.05, 0) is 30.3 Å². The lowest BCUT2D eigenvalue weighted by molar-refractivity contribution is -0.143. The van der Waals surface area contributed by atoms with Gasteiger partial charge in [0.2, 0.25) is 0 Å². The molecule has 5 aromatic rings. The summed E-state index contributed by atoms with van der Waals surface area (Å²) in [6.45, 7) is 0. The second kappa shape index (κ2) is 9.67. The number of amides is 1. The summed E-state index contributed by atoms with van der Waals surface area (Å²) < 4.78 is 47.8. The van der Waals surface area contributed by atoms with Crippen LogP contribution in [0.15, 0.2) is 61.2 Å². The number of rotatable bonds is 5. The van der Waals surface area contributed by atoms with E-state index in [0.29, 0.717) is 15.6 Å². The summed E-state index contributed by atoms with van der Waals surface area (Å²) in [4.78, 5) is 33.7. The number of nitrogens with zero attached hydrogens (tertiary/aromatic N) is 8. The van der Waals surface area contributed by atoms with Crippen LogP contribution in [0.5, 0.6) is 0 Å². The molecule has 0 bridgehead atoms. The van der Waals surface area contributed by atoms with Crippen molar-refractivity contribution in [2.24, 2.45) is 0 Å². The number of halogens is 3. The molecule has 0 aliphatic heterocycles. The van der Waals surface area contributed by atoms with Crippen LogP contribution in [0.4, 0.5) is 18.9 Å². The molecule has 39 heavy (non-hydrogen) atoms. The van der Waals surface area contributed by atoms with E-state index in [9.17, 15) is 28.0 Å². The van der Waals surface area contributed by atoms with Crippen LogP contribution < -0.4 is 5.32 Å². The molecule has 0 atom stereocenters. The molecular formula is C24H14F3N9O3. The highest BCUT2D eigenvalue weighted by atomic mass is 19.4. The van der Waals surface area contributed by atoms with Gasteiger partial charge in [-0.25, -0.2) is 14.5 Å². The van der Waals surface area contributed by atoms with Crippen LogP contribution >= 0.6 is 0 Å². The molecule has 0 fully saturated rings. The van der Waals surface area contributed by atoms with E-state index in [-0.39, 0.29) is 28.5 Å². The number of anilines is 1. The second-order valence-corrected chi connectivity index (χ2v) is 7.84. The summed E-state index contributed by atoms with van der Waals surface area (Å²) >= 11 is 0. The molecule has 1 N–H and O–H groups in total. The lowest BCUT2D eigenvalue weighted by atomic mass is 10.1. The molecule has 1 amide bonds. The molecule has 1 aromatic carbocycles. The minimum absolute atomic E-state index is 0.0733. The van der Waals surface area contributed by atoms with Crippen molar-refractivity contribution in [1.82, 2.24) is 34.7 Å². The lowest BCUT2D eigenvalue weighted by Crippen LogP contribution is -2.21. The quantitative estimate of drug-likeness (QED) is 0.335. The number of pyridine rings is 2. The summed E-state index contributed by atoms with van der Waals surface area (Å²) in [6, 6.07) is 10.8. The van der Waals surface area contributed by atoms with Crippen molar-refractivity contribution in [3.8, 4) is 17.6 Å². The zero-order valence-corrected chi connectivity index (χ0v) is 19.7. The van der Waals surface area contributed by atoms with Crippen molar-refractivity contribution in [1.29, 1.82) is 5.26 Å². The van der Waals surface area contributed by atoms with Gasteiger partial charge in [-0.3, -0.25) is 9.78 Å². The number of aromatic nitrogens is 7. The maximum atomic E-state index is 14.2. The summed E-state index contributed by atoms with van der Waals surface area (Å²) in [5, 5.41) is 23.9. The number of benzene rings is 1. The van der Waals surface area contributed by atoms with Gasteiger partial charge in [0.1, 0.15) is 11.6 Å². The van der Waals surface area contributed by atoms with E-state index in [4.69, 9.17) is 0 Å². The molecule has 4 aromatic heterocycles. The summed E-state index contributed by atoms with van der Waals surface area (Å²) in [5.74, 6) is -1.97. The molecule has 0 aliphatic rings. The van der Waals surface area contributed by atoms with Gasteiger partial charge in [0.05, 0.1) is 48.2 Å². The van der Waals surface area contributed by atoms with Gasteiger partial charge in [-0.15, -0.1) is 9.90 Å². The SMILES string of the molecule is COC(=O)c1cnn(-c2ncc(NC(=O)c3cnn(-c4cccc5ncccc45)c3C(F)(F)F)cc2C#N)n1. The van der Waals surface area contributed by atoms with Gasteiger partial charge in [0.25, 0.3) is 5.91 Å². The van der Waals surface area contributed by atoms with E-state index in [1.807, 2.05) is 6.07 Å². The number of hydrogen-bond acceptors (Lipinski definition) is 9. The zero-order chi connectivity index (χ0) is 27.7. The predicted octanol–water partition coefficient (Wildman–Crippen LogP) is 3.33. The number of nitrogens with one attached hydrogen (secondary N) is 1. The Labute approximate surface area is 216 Å². The van der Waals surface area contributed by atoms with E-state index in [0.717, 1.165) is 30.5 Å². The topological polar surface area (TPSA) is 154 Å². The van der Waals surface area contributed by atoms with Crippen LogP contribution in [-0.4, -0.2) is 53.7 Å². The number of alkyl halides is 3. The Morgan fingerprint density at radius 1 is 1.08 bits per heavy atom. The number of hydrogen-bond donors (Lipinski definition) is 1. The molecule has 194 valence electrons. The normalized spacial score (nSPS) is 11.3. The Morgan fingerprint density at radius 3 is 2.64 bits per heavy atom. The third kappa shape index (κ3) is 4.62. The van der Waals surface area contributed by atoms with Crippen LogP contribution in [0.25, 0.3) is 22.4 Å². The first-order chi connectivity index (χ1) is 18.7. The monoisotopic (exact) mass is 533 g/mol. The molecular weight excluding hydrogens is 519 g/mol. The largest absolute Gasteiger partial charge is 0.464 e. The first-order valence-electron chi connectivity index (χ1n) is 10.9. The van der Waals surface area contributed by atoms with Crippen molar-refractivity contribution in [3.05, 3.63) is 83.7 Å². The van der Waals surface area contributed by atoms with Crippen molar-refractivity contribution in [2.75, 3.05) is 12.4 Å². The number of esters is 1. The van der Waals surface area contributed by atoms with E-state index in [2.05, 4.69) is 35.3 Å². The second-order valence-electron chi connectivity index (χ2n) is 7.84. The van der Waals surface area contributed by atoms with Gasteiger partial charge in [-0.2, -0.15) is 28.6 Å². The molecule has 0 radical (unpaired) electrons. The summed E-state index contributed by atoms with van der Waals surface area (Å²) in [7, 11) is 1.16. The van der Waals surface area contributed by atoms with Crippen LogP contribution in [0.2, 0.25) is 0 Å². The first-order valence-corrected chi connectivity index (χ1v) is 10.9. The third-order valence-electron chi connectivity index (χ3n) is 5.45. The summed E-state index contributed by atoms with van der Waals surface area (Å²) in [5.41, 5.74) is -1.85. The van der Waals surface area contributed by atoms with Crippen LogP contribution in [0.1, 0.15) is 32.1 Å². The number of carbonyl (C=O) groups excluding carboxylic acids is 2. The smallest absolute Gasteiger partial charge is 0.434 e. The molecule has 0 saturated carbocycles. The van der Waals surface area contributed by atoms with Gasteiger partial charge in [0, 0.05) is 11.6 Å². The predicted molar refractivity (Wildman–Crippen MR) is 127 cm³/mol. The fourth-order valence-corrected chi connectivity index (χ4v) is 3.77. The molecule has 12 nitrogen and oxygen atoms in total. The molecule has 4 heterocycles. The van der Waals surface area contributed by atoms with E-state index in [1.165, 1.54) is 24.4 Å². The number of ether oxygens (including phenoxy) is 1. The number of nitriles is 1. The highest BCUT2D eigenvalue weighted by Crippen LogP contribution is 2.35. The molecule has 15 heteroatoms. The zero-order valence-electron chi connectivity index (χ0n) is 19.7. The Bertz CT molecular complexity index is 1780. The number of fused-ring (bicyclic) bond motifs is 1. The van der Waals surface area contributed by atoms with Crippen LogP contribution in [0, 0.1) is 11.3 Å². The molecule has 0 saturated heterocycles. The fourth-order valence-electron chi connectivity index (χ4n) is 3.77. The van der Waals surface area contributed by atoms with Gasteiger partial charge < -0.3 is 10.1 Å². The van der Waals surface area contributed by atoms with Gasteiger partial charge >= 0.3 is 12.1 Å². The average molecular weight is 533 g/mol. The van der Waals surface area contributed by atoms with Crippen molar-refractivity contribution in [2.45, 2.75) is 6.18 Å². The number of methoxy groups -OCH3 is 1. The summed E-state index contributed by atoms with van der Waals surface area (Å²) in [6.07, 6.45) is -0.428. The maximum Gasteiger partial charge on any atom is 0.434 e. The standard InChI is InChI=1S/C24H14F3N9O3/c1-39-23(38)18-12-32-36(34-18)21-13(9-28)8-14(10-30-21)33-22(37)16-11-31-35(20(16)24(25,26)27)19-6-2-5-17-15(19)4-3-7-29-17/h2-8,10-12H,1H3,(H,33,37). The third-order valence-corrected chi connectivity index (χ3v) is 5.45. The van der Waals surface area contributed by atoms with Gasteiger partial charge in [-0.1, -0.05) is 6.07 Å².